The number of hydrogen-bond acceptors (Lipinski definition) is 3. The predicted octanol–water partition coefficient (Wildman–Crippen LogP) is 3.80. The van der Waals surface area contributed by atoms with E-state index in [9.17, 15) is 35.9 Å². The Hall–Kier alpha value is -2.26. The Kier molecular flexibility index (Phi) is 6.83. The molecule has 0 radical (unpaired) electrons. The van der Waals surface area contributed by atoms with Crippen molar-refractivity contribution in [2.45, 2.75) is 31.6 Å². The van der Waals surface area contributed by atoms with Gasteiger partial charge in [0.1, 0.15) is 0 Å². The van der Waals surface area contributed by atoms with Crippen molar-refractivity contribution in [3.8, 4) is 0 Å². The van der Waals surface area contributed by atoms with Crippen LogP contribution in [0.5, 0.6) is 0 Å². The van der Waals surface area contributed by atoms with Crippen molar-refractivity contribution in [3.63, 3.8) is 0 Å². The van der Waals surface area contributed by atoms with E-state index >= 15 is 0 Å². The number of unbranched alkanes of at least 4 members (excludes halogenated alkanes) is 1. The summed E-state index contributed by atoms with van der Waals surface area (Å²) in [6, 6.07) is 0.672. The summed E-state index contributed by atoms with van der Waals surface area (Å²) in [5.41, 5.74) is -3.86. The van der Waals surface area contributed by atoms with Gasteiger partial charge in [0, 0.05) is 18.5 Å². The van der Waals surface area contributed by atoms with E-state index in [1.165, 1.54) is 7.11 Å². The number of alkyl halides is 6. The first-order chi connectivity index (χ1) is 11.4. The highest BCUT2D eigenvalue weighted by molar-refractivity contribution is 5.94. The number of methoxy groups -OCH3 is 1. The van der Waals surface area contributed by atoms with Crippen LogP contribution in [-0.2, 0) is 21.9 Å². The van der Waals surface area contributed by atoms with Crippen LogP contribution in [0.1, 0.15) is 40.7 Å². The number of hydrogen-bond donors (Lipinski definition) is 1. The van der Waals surface area contributed by atoms with Crippen LogP contribution >= 0.6 is 0 Å². The third-order valence-electron chi connectivity index (χ3n) is 3.17. The molecule has 25 heavy (non-hydrogen) atoms. The molecule has 1 rings (SSSR count). The lowest BCUT2D eigenvalue weighted by Crippen LogP contribution is -2.25. The topological polar surface area (TPSA) is 55.4 Å². The van der Waals surface area contributed by atoms with E-state index < -0.39 is 40.9 Å². The molecule has 0 spiro atoms. The summed E-state index contributed by atoms with van der Waals surface area (Å²) in [5, 5.41) is 2.22. The molecule has 1 aromatic carbocycles. The molecule has 0 aliphatic heterocycles. The highest BCUT2D eigenvalue weighted by Crippen LogP contribution is 2.36. The number of carbonyl (C=O) groups is 2. The molecule has 1 N–H and O–H groups in total. The Morgan fingerprint density at radius 3 is 1.92 bits per heavy atom. The molecule has 0 aliphatic carbocycles. The molecular weight excluding hydrogens is 356 g/mol. The fourth-order valence-electron chi connectivity index (χ4n) is 1.89. The lowest BCUT2D eigenvalue weighted by molar-refractivity contribution is -0.143. The Morgan fingerprint density at radius 1 is 0.960 bits per heavy atom. The van der Waals surface area contributed by atoms with Gasteiger partial charge in [0.25, 0.3) is 5.91 Å². The van der Waals surface area contributed by atoms with Crippen molar-refractivity contribution < 1.29 is 40.7 Å². The fraction of sp³-hybridized carbons (Fsp3) is 0.467. The van der Waals surface area contributed by atoms with Crippen LogP contribution < -0.4 is 5.32 Å². The minimum absolute atomic E-state index is 0.00652. The zero-order valence-electron chi connectivity index (χ0n) is 13.1. The van der Waals surface area contributed by atoms with Gasteiger partial charge in [-0.1, -0.05) is 0 Å². The maximum Gasteiger partial charge on any atom is 0.416 e. The highest BCUT2D eigenvalue weighted by atomic mass is 19.4. The normalized spacial score (nSPS) is 12.0. The summed E-state index contributed by atoms with van der Waals surface area (Å²) >= 11 is 0. The van der Waals surface area contributed by atoms with Gasteiger partial charge in [0.2, 0.25) is 0 Å². The van der Waals surface area contributed by atoms with E-state index in [-0.39, 0.29) is 19.0 Å². The number of benzene rings is 1. The Bertz CT molecular complexity index is 592. The van der Waals surface area contributed by atoms with Crippen molar-refractivity contribution in [3.05, 3.63) is 34.9 Å². The number of esters is 1. The predicted molar refractivity (Wildman–Crippen MR) is 74.6 cm³/mol. The van der Waals surface area contributed by atoms with Crippen molar-refractivity contribution >= 4 is 11.9 Å². The minimum Gasteiger partial charge on any atom is -0.469 e. The van der Waals surface area contributed by atoms with Gasteiger partial charge in [-0.15, -0.1) is 0 Å². The largest absolute Gasteiger partial charge is 0.469 e. The van der Waals surface area contributed by atoms with Crippen LogP contribution in [0.25, 0.3) is 0 Å². The minimum atomic E-state index is -5.02. The lowest BCUT2D eigenvalue weighted by atomic mass is 10.0. The van der Waals surface area contributed by atoms with E-state index in [0.717, 1.165) is 0 Å². The summed E-state index contributed by atoms with van der Waals surface area (Å²) < 4.78 is 80.7. The van der Waals surface area contributed by atoms with Crippen LogP contribution in [-0.4, -0.2) is 25.5 Å². The monoisotopic (exact) mass is 371 g/mol. The van der Waals surface area contributed by atoms with E-state index in [1.54, 1.807) is 0 Å². The van der Waals surface area contributed by atoms with Gasteiger partial charge in [-0.2, -0.15) is 26.3 Å². The van der Waals surface area contributed by atoms with Crippen LogP contribution in [0.2, 0.25) is 0 Å². The number of ether oxygens (including phenoxy) is 1. The quantitative estimate of drug-likeness (QED) is 0.470. The third kappa shape index (κ3) is 6.63. The molecule has 1 amide bonds. The zero-order valence-corrected chi connectivity index (χ0v) is 13.1. The number of carbonyl (C=O) groups excluding carboxylic acids is 2. The molecule has 0 saturated carbocycles. The second-order valence-corrected chi connectivity index (χ2v) is 5.08. The average molecular weight is 371 g/mol. The Morgan fingerprint density at radius 2 is 1.48 bits per heavy atom. The van der Waals surface area contributed by atoms with Gasteiger partial charge in [-0.3, -0.25) is 9.59 Å². The Balaban J connectivity index is 2.82. The summed E-state index contributed by atoms with van der Waals surface area (Å²) in [4.78, 5) is 22.7. The second-order valence-electron chi connectivity index (χ2n) is 5.08. The van der Waals surface area contributed by atoms with Gasteiger partial charge in [0.05, 0.1) is 18.2 Å². The smallest absolute Gasteiger partial charge is 0.416 e. The molecule has 0 atom stereocenters. The molecule has 0 bridgehead atoms. The van der Waals surface area contributed by atoms with Crippen LogP contribution in [0, 0.1) is 0 Å². The van der Waals surface area contributed by atoms with Crippen molar-refractivity contribution in [2.75, 3.05) is 13.7 Å². The lowest BCUT2D eigenvalue weighted by Gasteiger charge is -2.14. The molecule has 0 saturated heterocycles. The first kappa shape index (κ1) is 20.8. The van der Waals surface area contributed by atoms with Crippen molar-refractivity contribution in [1.29, 1.82) is 0 Å². The maximum atomic E-state index is 12.7. The summed E-state index contributed by atoms with van der Waals surface area (Å²) in [6.45, 7) is -0.00652. The fourth-order valence-corrected chi connectivity index (χ4v) is 1.89. The highest BCUT2D eigenvalue weighted by Gasteiger charge is 2.37. The number of rotatable bonds is 6. The third-order valence-corrected chi connectivity index (χ3v) is 3.17. The molecule has 0 heterocycles. The molecule has 0 unspecified atom stereocenters. The van der Waals surface area contributed by atoms with E-state index in [1.807, 2.05) is 0 Å². The second kappa shape index (κ2) is 8.21. The average Bonchev–Trinajstić information content (AvgIpc) is 2.51. The first-order valence-electron chi connectivity index (χ1n) is 7.09. The Labute approximate surface area is 139 Å². The standard InChI is InChI=1S/C15H15F6NO3/c1-25-12(23)4-2-3-5-22-13(24)9-6-10(14(16,17)18)8-11(7-9)15(19,20)21/h6-8H,2-5H2,1H3,(H,22,24). The van der Waals surface area contributed by atoms with E-state index in [4.69, 9.17) is 0 Å². The summed E-state index contributed by atoms with van der Waals surface area (Å²) in [7, 11) is 1.20. The molecule has 4 nitrogen and oxygen atoms in total. The van der Waals surface area contributed by atoms with Crippen LogP contribution in [0.15, 0.2) is 18.2 Å². The van der Waals surface area contributed by atoms with Gasteiger partial charge < -0.3 is 10.1 Å². The van der Waals surface area contributed by atoms with Gasteiger partial charge in [-0.05, 0) is 31.0 Å². The summed E-state index contributed by atoms with van der Waals surface area (Å²) in [6.07, 6.45) is -9.28. The molecule has 10 heteroatoms. The summed E-state index contributed by atoms with van der Waals surface area (Å²) in [5.74, 6) is -1.52. The first-order valence-corrected chi connectivity index (χ1v) is 7.09. The van der Waals surface area contributed by atoms with Crippen LogP contribution in [0.4, 0.5) is 26.3 Å². The molecule has 0 aliphatic rings. The maximum absolute atomic E-state index is 12.7. The number of nitrogens with one attached hydrogen (secondary N) is 1. The number of amides is 1. The van der Waals surface area contributed by atoms with Gasteiger partial charge >= 0.3 is 18.3 Å². The molecular formula is C15H15F6NO3. The zero-order chi connectivity index (χ0) is 19.3. The molecule has 0 aromatic heterocycles. The van der Waals surface area contributed by atoms with Crippen molar-refractivity contribution in [1.82, 2.24) is 5.32 Å². The van der Waals surface area contributed by atoms with E-state index in [0.29, 0.717) is 25.0 Å². The van der Waals surface area contributed by atoms with Crippen LogP contribution in [0.3, 0.4) is 0 Å². The van der Waals surface area contributed by atoms with E-state index in [2.05, 4.69) is 10.1 Å². The number of halogens is 6. The SMILES string of the molecule is COC(=O)CCCCNC(=O)c1cc(C(F)(F)F)cc(C(F)(F)F)c1. The van der Waals surface area contributed by atoms with Gasteiger partial charge in [-0.25, -0.2) is 0 Å². The molecule has 1 aromatic rings. The molecule has 140 valence electrons. The molecule has 0 fully saturated rings. The van der Waals surface area contributed by atoms with Crippen molar-refractivity contribution in [2.24, 2.45) is 0 Å². The van der Waals surface area contributed by atoms with Gasteiger partial charge in [0.15, 0.2) is 0 Å².